The van der Waals surface area contributed by atoms with Crippen LogP contribution in [0, 0.1) is 0 Å². The molecule has 0 spiro atoms. The van der Waals surface area contributed by atoms with Gasteiger partial charge in [0.25, 0.3) is 0 Å². The second kappa shape index (κ2) is 11.4. The summed E-state index contributed by atoms with van der Waals surface area (Å²) in [7, 11) is -3.07. The Kier molecular flexibility index (Phi) is 6.74. The van der Waals surface area contributed by atoms with Crippen LogP contribution in [-0.4, -0.2) is 9.97 Å². The first-order valence-electron chi connectivity index (χ1n) is 16.1. The van der Waals surface area contributed by atoms with Gasteiger partial charge in [0.2, 0.25) is 0 Å². The molecule has 4 heteroatoms. The molecule has 48 heavy (non-hydrogen) atoms. The third-order valence-electron chi connectivity index (χ3n) is 9.34. The molecule has 0 aliphatic heterocycles. The molecule has 1 heterocycles. The molecule has 0 saturated heterocycles. The minimum atomic E-state index is -3.07. The summed E-state index contributed by atoms with van der Waals surface area (Å²) < 4.78 is 14.9. The van der Waals surface area contributed by atoms with E-state index in [1.165, 1.54) is 38.4 Å². The van der Waals surface area contributed by atoms with Crippen LogP contribution >= 0.6 is 7.14 Å². The summed E-state index contributed by atoms with van der Waals surface area (Å²) in [5.41, 5.74) is 7.43. The van der Waals surface area contributed by atoms with E-state index >= 15 is 0 Å². The van der Waals surface area contributed by atoms with E-state index < -0.39 is 7.14 Å². The number of aromatic nitrogens is 2. The van der Waals surface area contributed by atoms with Gasteiger partial charge in [-0.15, -0.1) is 0 Å². The second-order valence-corrected chi connectivity index (χ2v) is 14.9. The minimum Gasteiger partial charge on any atom is -0.309 e. The normalized spacial score (nSPS) is 11.8. The van der Waals surface area contributed by atoms with Gasteiger partial charge in [0.15, 0.2) is 13.0 Å². The fourth-order valence-corrected chi connectivity index (χ4v) is 9.68. The maximum absolute atomic E-state index is 14.9. The van der Waals surface area contributed by atoms with Crippen LogP contribution in [0.15, 0.2) is 176 Å². The topological polar surface area (TPSA) is 42.9 Å². The van der Waals surface area contributed by atoms with Crippen molar-refractivity contribution in [3.63, 3.8) is 0 Å². The number of hydrogen-bond acceptors (Lipinski definition) is 3. The zero-order valence-corrected chi connectivity index (χ0v) is 26.9. The minimum absolute atomic E-state index is 0.647. The highest BCUT2D eigenvalue weighted by Crippen LogP contribution is 2.45. The first kappa shape index (κ1) is 28.3. The zero-order chi connectivity index (χ0) is 32.1. The van der Waals surface area contributed by atoms with E-state index in [1.54, 1.807) is 0 Å². The van der Waals surface area contributed by atoms with Gasteiger partial charge in [-0.25, -0.2) is 9.97 Å². The van der Waals surface area contributed by atoms with Gasteiger partial charge in [-0.1, -0.05) is 158 Å². The van der Waals surface area contributed by atoms with Gasteiger partial charge in [0.1, 0.15) is 0 Å². The van der Waals surface area contributed by atoms with E-state index in [0.29, 0.717) is 5.82 Å². The molecule has 8 aromatic carbocycles. The van der Waals surface area contributed by atoms with Crippen LogP contribution in [0.1, 0.15) is 0 Å². The third-order valence-corrected chi connectivity index (χ3v) is 12.4. The Morgan fingerprint density at radius 2 is 0.792 bits per heavy atom. The number of hydrogen-bond donors (Lipinski definition) is 0. The highest BCUT2D eigenvalue weighted by Gasteiger charge is 2.29. The summed E-state index contributed by atoms with van der Waals surface area (Å²) in [6, 6.07) is 59.6. The molecule has 0 bridgehead atoms. The Morgan fingerprint density at radius 1 is 0.375 bits per heavy atom. The Labute approximate surface area is 278 Å². The van der Waals surface area contributed by atoms with Gasteiger partial charge in [-0.2, -0.15) is 0 Å². The highest BCUT2D eigenvalue weighted by molar-refractivity contribution is 7.85. The lowest BCUT2D eigenvalue weighted by molar-refractivity contribution is 0.592. The quantitative estimate of drug-likeness (QED) is 0.135. The third kappa shape index (κ3) is 4.55. The van der Waals surface area contributed by atoms with Crippen molar-refractivity contribution in [1.29, 1.82) is 0 Å². The summed E-state index contributed by atoms with van der Waals surface area (Å²) in [5.74, 6) is 0.647. The monoisotopic (exact) mass is 632 g/mol. The molecule has 0 amide bonds. The van der Waals surface area contributed by atoms with E-state index in [1.807, 2.05) is 84.9 Å². The standard InChI is InChI=1S/C44H29N2OP/c47-48(33-17-9-3-10-18-33,34-19-11-4-12-20-34)35-23-21-32(22-24-35)44-45-40-27-25-36-38(30-13-5-1-6-14-30)29-39(31-15-7-2-8-16-31)37-26-28-41(46-44)43(40)42(36)37/h1-29H. The second-order valence-electron chi connectivity index (χ2n) is 12.1. The van der Waals surface area contributed by atoms with Crippen molar-refractivity contribution in [2.24, 2.45) is 0 Å². The molecule has 0 fully saturated rings. The largest absolute Gasteiger partial charge is 0.309 e. The van der Waals surface area contributed by atoms with E-state index in [9.17, 15) is 4.57 Å². The molecule has 1 aromatic heterocycles. The summed E-state index contributed by atoms with van der Waals surface area (Å²) >= 11 is 0. The van der Waals surface area contributed by atoms with Crippen molar-refractivity contribution in [3.8, 4) is 33.6 Å². The Morgan fingerprint density at radius 3 is 1.25 bits per heavy atom. The van der Waals surface area contributed by atoms with Crippen LogP contribution in [0.2, 0.25) is 0 Å². The summed E-state index contributed by atoms with van der Waals surface area (Å²) in [6.07, 6.45) is 0. The maximum Gasteiger partial charge on any atom is 0.171 e. The molecular weight excluding hydrogens is 603 g/mol. The first-order chi connectivity index (χ1) is 23.7. The van der Waals surface area contributed by atoms with Gasteiger partial charge >= 0.3 is 0 Å². The molecule has 0 unspecified atom stereocenters. The van der Waals surface area contributed by atoms with Gasteiger partial charge in [0.05, 0.1) is 11.0 Å². The molecule has 0 atom stereocenters. The van der Waals surface area contributed by atoms with Crippen LogP contribution < -0.4 is 15.9 Å². The number of benzene rings is 8. The zero-order valence-electron chi connectivity index (χ0n) is 26.0. The number of rotatable bonds is 6. The van der Waals surface area contributed by atoms with Crippen molar-refractivity contribution in [2.45, 2.75) is 0 Å². The van der Waals surface area contributed by atoms with Crippen molar-refractivity contribution >= 4 is 55.6 Å². The molecule has 0 radical (unpaired) electrons. The van der Waals surface area contributed by atoms with Crippen LogP contribution in [0.4, 0.5) is 0 Å². The predicted octanol–water partition coefficient (Wildman–Crippen LogP) is 10.0. The highest BCUT2D eigenvalue weighted by atomic mass is 31.2. The predicted molar refractivity (Wildman–Crippen MR) is 201 cm³/mol. The Hall–Kier alpha value is -5.89. The van der Waals surface area contributed by atoms with E-state index in [0.717, 1.165) is 37.9 Å². The summed E-state index contributed by atoms with van der Waals surface area (Å²) in [5, 5.41) is 7.03. The van der Waals surface area contributed by atoms with Crippen LogP contribution in [-0.2, 0) is 4.57 Å². The lowest BCUT2D eigenvalue weighted by Gasteiger charge is -2.20. The van der Waals surface area contributed by atoms with E-state index in [4.69, 9.17) is 9.97 Å². The van der Waals surface area contributed by atoms with Crippen LogP contribution in [0.5, 0.6) is 0 Å². The van der Waals surface area contributed by atoms with Crippen molar-refractivity contribution in [2.75, 3.05) is 0 Å². The van der Waals surface area contributed by atoms with Crippen LogP contribution in [0.25, 0.3) is 66.2 Å². The molecule has 0 saturated carbocycles. The van der Waals surface area contributed by atoms with Gasteiger partial charge < -0.3 is 4.57 Å². The molecule has 226 valence electrons. The smallest absolute Gasteiger partial charge is 0.171 e. The molecule has 0 N–H and O–H groups in total. The van der Waals surface area contributed by atoms with Crippen molar-refractivity contribution in [1.82, 2.24) is 9.97 Å². The lowest BCUT2D eigenvalue weighted by atomic mass is 9.87. The van der Waals surface area contributed by atoms with E-state index in [2.05, 4.69) is 91.0 Å². The summed E-state index contributed by atoms with van der Waals surface area (Å²) in [6.45, 7) is 0. The van der Waals surface area contributed by atoms with Gasteiger partial charge in [-0.05, 0) is 51.2 Å². The van der Waals surface area contributed by atoms with Crippen LogP contribution in [0.3, 0.4) is 0 Å². The van der Waals surface area contributed by atoms with E-state index in [-0.39, 0.29) is 0 Å². The van der Waals surface area contributed by atoms with Crippen molar-refractivity contribution < 1.29 is 4.57 Å². The van der Waals surface area contributed by atoms with Gasteiger partial charge in [-0.3, -0.25) is 0 Å². The van der Waals surface area contributed by atoms with Gasteiger partial charge in [0, 0.05) is 32.2 Å². The lowest BCUT2D eigenvalue weighted by Crippen LogP contribution is -2.24. The number of nitrogens with zero attached hydrogens (tertiary/aromatic N) is 2. The maximum atomic E-state index is 14.9. The average molecular weight is 633 g/mol. The summed E-state index contributed by atoms with van der Waals surface area (Å²) in [4.78, 5) is 10.3. The molecule has 9 rings (SSSR count). The molecule has 0 aliphatic carbocycles. The first-order valence-corrected chi connectivity index (χ1v) is 17.8. The average Bonchev–Trinajstić information content (AvgIpc) is 3.17. The molecule has 9 aromatic rings. The van der Waals surface area contributed by atoms with Crippen molar-refractivity contribution in [3.05, 3.63) is 176 Å². The molecule has 3 nitrogen and oxygen atoms in total. The SMILES string of the molecule is O=P(c1ccccc1)(c1ccccc1)c1ccc(-c2nc3ccc4c(-c5ccccc5)cc(-c5ccccc5)c5ccc(n2)c3c45)cc1. The Bertz CT molecular complexity index is 2450. The molecule has 0 aliphatic rings. The fourth-order valence-electron chi connectivity index (χ4n) is 7.03. The fraction of sp³-hybridized carbons (Fsp3) is 0. The molecular formula is C44H29N2OP. The Balaban J connectivity index is 1.21.